The van der Waals surface area contributed by atoms with Gasteiger partial charge < -0.3 is 14.8 Å². The van der Waals surface area contributed by atoms with Gasteiger partial charge in [0.15, 0.2) is 17.3 Å². The number of carbonyl (C=O) groups excluding carboxylic acids is 1. The highest BCUT2D eigenvalue weighted by Crippen LogP contribution is 2.42. The van der Waals surface area contributed by atoms with Gasteiger partial charge in [-0.3, -0.25) is 4.79 Å². The second-order valence-corrected chi connectivity index (χ2v) is 6.98. The number of anilines is 1. The number of hydrogen-bond donors (Lipinski definition) is 1. The molecule has 10 heteroatoms. The van der Waals surface area contributed by atoms with Gasteiger partial charge in [0.2, 0.25) is 5.91 Å². The van der Waals surface area contributed by atoms with E-state index in [-0.39, 0.29) is 18.2 Å². The minimum atomic E-state index is -0.229. The fourth-order valence-corrected chi connectivity index (χ4v) is 3.78. The van der Waals surface area contributed by atoms with Crippen molar-refractivity contribution in [2.45, 2.75) is 19.3 Å². The van der Waals surface area contributed by atoms with E-state index >= 15 is 0 Å². The summed E-state index contributed by atoms with van der Waals surface area (Å²) in [4.78, 5) is 12.6. The Morgan fingerprint density at radius 3 is 2.77 bits per heavy atom. The second-order valence-electron chi connectivity index (χ2n) is 6.98. The molecule has 4 aromatic rings. The van der Waals surface area contributed by atoms with Gasteiger partial charge in [-0.15, -0.1) is 15.3 Å². The maximum Gasteiger partial charge on any atom is 0.226 e. The van der Waals surface area contributed by atoms with Crippen LogP contribution in [0.3, 0.4) is 0 Å². The van der Waals surface area contributed by atoms with Crippen LogP contribution in [0.2, 0.25) is 0 Å². The Balaban J connectivity index is 1.64. The molecule has 152 valence electrons. The summed E-state index contributed by atoms with van der Waals surface area (Å²) in [6.45, 7) is 1.82. The number of aryl methyl sites for hydroxylation is 1. The molecule has 0 aliphatic carbocycles. The zero-order chi connectivity index (χ0) is 20.8. The summed E-state index contributed by atoms with van der Waals surface area (Å²) in [7, 11) is 3.22. The van der Waals surface area contributed by atoms with Crippen LogP contribution < -0.4 is 14.8 Å². The van der Waals surface area contributed by atoms with Crippen molar-refractivity contribution in [2.75, 3.05) is 19.5 Å². The maximum absolute atomic E-state index is 12.6. The topological polar surface area (TPSA) is 108 Å². The predicted molar refractivity (Wildman–Crippen MR) is 107 cm³/mol. The number of nitrogens with one attached hydrogen (secondary N) is 1. The van der Waals surface area contributed by atoms with Gasteiger partial charge in [-0.25, -0.2) is 0 Å². The van der Waals surface area contributed by atoms with Crippen LogP contribution in [-0.2, 0) is 4.79 Å². The SMILES string of the molecule is COc1ccc(OC)c([C@H]2CC(=O)Nc3c2cnn3-c2ccc3nnc(C)n3n2)c1. The van der Waals surface area contributed by atoms with E-state index in [1.807, 2.05) is 31.2 Å². The first-order valence-corrected chi connectivity index (χ1v) is 9.38. The highest BCUT2D eigenvalue weighted by Gasteiger charge is 2.32. The van der Waals surface area contributed by atoms with Gasteiger partial charge >= 0.3 is 0 Å². The first-order chi connectivity index (χ1) is 14.6. The number of carbonyl (C=O) groups is 1. The molecule has 1 amide bonds. The highest BCUT2D eigenvalue weighted by atomic mass is 16.5. The van der Waals surface area contributed by atoms with E-state index in [0.717, 1.165) is 11.1 Å². The quantitative estimate of drug-likeness (QED) is 0.554. The third-order valence-corrected chi connectivity index (χ3v) is 5.25. The van der Waals surface area contributed by atoms with E-state index in [0.29, 0.717) is 34.6 Å². The third kappa shape index (κ3) is 2.76. The minimum Gasteiger partial charge on any atom is -0.497 e. The van der Waals surface area contributed by atoms with Crippen LogP contribution >= 0.6 is 0 Å². The summed E-state index contributed by atoms with van der Waals surface area (Å²) in [5.74, 6) is 2.84. The van der Waals surface area contributed by atoms with Gasteiger partial charge in [0.05, 0.1) is 20.4 Å². The van der Waals surface area contributed by atoms with Crippen molar-refractivity contribution in [3.05, 3.63) is 53.5 Å². The van der Waals surface area contributed by atoms with Gasteiger partial charge in [-0.05, 0) is 37.3 Å². The third-order valence-electron chi connectivity index (χ3n) is 5.25. The largest absolute Gasteiger partial charge is 0.497 e. The fraction of sp³-hybridized carbons (Fsp3) is 0.250. The lowest BCUT2D eigenvalue weighted by atomic mass is 9.86. The van der Waals surface area contributed by atoms with Crippen LogP contribution in [0.4, 0.5) is 5.82 Å². The summed E-state index contributed by atoms with van der Waals surface area (Å²) in [6.07, 6.45) is 2.03. The molecule has 1 aliphatic heterocycles. The van der Waals surface area contributed by atoms with Crippen LogP contribution in [0.1, 0.15) is 29.3 Å². The average molecular weight is 405 g/mol. The molecule has 0 saturated carbocycles. The predicted octanol–water partition coefficient (Wildman–Crippen LogP) is 2.11. The summed E-state index contributed by atoms with van der Waals surface area (Å²) in [5.41, 5.74) is 2.38. The zero-order valence-electron chi connectivity index (χ0n) is 16.7. The van der Waals surface area contributed by atoms with Gasteiger partial charge in [-0.1, -0.05) is 0 Å². The Morgan fingerprint density at radius 2 is 1.97 bits per heavy atom. The molecule has 1 N–H and O–H groups in total. The van der Waals surface area contributed by atoms with Crippen LogP contribution in [0.15, 0.2) is 36.5 Å². The molecule has 5 rings (SSSR count). The summed E-state index contributed by atoms with van der Waals surface area (Å²) in [5, 5.41) is 20.1. The molecule has 0 bridgehead atoms. The Bertz CT molecular complexity index is 1280. The van der Waals surface area contributed by atoms with Gasteiger partial charge in [0.25, 0.3) is 0 Å². The molecule has 30 heavy (non-hydrogen) atoms. The molecule has 3 aromatic heterocycles. The molecule has 4 heterocycles. The summed E-state index contributed by atoms with van der Waals surface area (Å²) >= 11 is 0. The highest BCUT2D eigenvalue weighted by molar-refractivity contribution is 5.94. The number of fused-ring (bicyclic) bond motifs is 2. The van der Waals surface area contributed by atoms with Crippen molar-refractivity contribution < 1.29 is 14.3 Å². The number of methoxy groups -OCH3 is 2. The standard InChI is InChI=1S/C20H19N7O3/c1-11-23-24-17-6-7-18(25-26(11)17)27-20-15(10-21-27)13(9-19(28)22-20)14-8-12(29-2)4-5-16(14)30-3/h4-8,10,13H,9H2,1-3H3,(H,22,28)/t13-/m1/s1. The lowest BCUT2D eigenvalue weighted by molar-refractivity contribution is -0.116. The number of rotatable bonds is 4. The first-order valence-electron chi connectivity index (χ1n) is 9.38. The van der Waals surface area contributed by atoms with Gasteiger partial charge in [0, 0.05) is 23.5 Å². The van der Waals surface area contributed by atoms with Crippen LogP contribution in [0.5, 0.6) is 11.5 Å². The Labute approximate surface area is 171 Å². The van der Waals surface area contributed by atoms with E-state index in [4.69, 9.17) is 9.47 Å². The van der Waals surface area contributed by atoms with Gasteiger partial charge in [0.1, 0.15) is 17.3 Å². The van der Waals surface area contributed by atoms with E-state index in [1.54, 1.807) is 35.7 Å². The van der Waals surface area contributed by atoms with Crippen molar-refractivity contribution in [1.82, 2.24) is 29.6 Å². The molecule has 0 radical (unpaired) electrons. The molecule has 10 nitrogen and oxygen atoms in total. The number of aromatic nitrogens is 6. The lowest BCUT2D eigenvalue weighted by Crippen LogP contribution is -2.25. The van der Waals surface area contributed by atoms with Crippen molar-refractivity contribution in [2.24, 2.45) is 0 Å². The fourth-order valence-electron chi connectivity index (χ4n) is 3.78. The van der Waals surface area contributed by atoms with E-state index in [9.17, 15) is 4.79 Å². The monoisotopic (exact) mass is 405 g/mol. The number of ether oxygens (including phenoxy) is 2. The Morgan fingerprint density at radius 1 is 1.10 bits per heavy atom. The molecule has 0 spiro atoms. The van der Waals surface area contributed by atoms with Crippen LogP contribution in [0, 0.1) is 6.92 Å². The first kappa shape index (κ1) is 18.1. The summed E-state index contributed by atoms with van der Waals surface area (Å²) in [6, 6.07) is 9.17. The molecule has 1 aliphatic rings. The molecule has 1 aromatic carbocycles. The second kappa shape index (κ2) is 6.83. The van der Waals surface area contributed by atoms with Gasteiger partial charge in [-0.2, -0.15) is 14.3 Å². The van der Waals surface area contributed by atoms with Crippen molar-refractivity contribution in [1.29, 1.82) is 0 Å². The number of hydrogen-bond acceptors (Lipinski definition) is 7. The average Bonchev–Trinajstić information content (AvgIpc) is 3.36. The lowest BCUT2D eigenvalue weighted by Gasteiger charge is -2.25. The number of amides is 1. The van der Waals surface area contributed by atoms with Crippen LogP contribution in [-0.4, -0.2) is 49.7 Å². The molecular weight excluding hydrogens is 386 g/mol. The molecule has 1 atom stereocenters. The number of benzene rings is 1. The zero-order valence-corrected chi connectivity index (χ0v) is 16.7. The number of nitrogens with zero attached hydrogens (tertiary/aromatic N) is 6. The Kier molecular flexibility index (Phi) is 4.12. The normalized spacial score (nSPS) is 15.7. The van der Waals surface area contributed by atoms with E-state index in [1.165, 1.54) is 0 Å². The molecule has 0 fully saturated rings. The van der Waals surface area contributed by atoms with E-state index in [2.05, 4.69) is 25.7 Å². The van der Waals surface area contributed by atoms with Crippen molar-refractivity contribution in [3.63, 3.8) is 0 Å². The minimum absolute atomic E-state index is 0.110. The molecule has 0 unspecified atom stereocenters. The molecular formula is C20H19N7O3. The smallest absolute Gasteiger partial charge is 0.226 e. The maximum atomic E-state index is 12.6. The van der Waals surface area contributed by atoms with Crippen molar-refractivity contribution >= 4 is 17.4 Å². The summed E-state index contributed by atoms with van der Waals surface area (Å²) < 4.78 is 14.2. The van der Waals surface area contributed by atoms with E-state index < -0.39 is 0 Å². The molecule has 0 saturated heterocycles. The van der Waals surface area contributed by atoms with Crippen LogP contribution in [0.25, 0.3) is 11.5 Å². The Hall–Kier alpha value is -3.95. The van der Waals surface area contributed by atoms with Crippen molar-refractivity contribution in [3.8, 4) is 17.3 Å².